The van der Waals surface area contributed by atoms with Crippen LogP contribution in [0.2, 0.25) is 4.34 Å². The van der Waals surface area contributed by atoms with Gasteiger partial charge in [0.25, 0.3) is 0 Å². The van der Waals surface area contributed by atoms with E-state index in [1.54, 1.807) is 12.1 Å². The van der Waals surface area contributed by atoms with E-state index in [1.165, 1.54) is 41.7 Å². The number of esters is 1. The van der Waals surface area contributed by atoms with Crippen LogP contribution in [0.1, 0.15) is 59.3 Å². The Labute approximate surface area is 180 Å². The summed E-state index contributed by atoms with van der Waals surface area (Å²) in [6, 6.07) is 12.3. The van der Waals surface area contributed by atoms with E-state index < -0.39 is 5.41 Å². The van der Waals surface area contributed by atoms with Crippen molar-refractivity contribution in [3.8, 4) is 0 Å². The minimum atomic E-state index is -0.428. The van der Waals surface area contributed by atoms with E-state index in [2.05, 4.69) is 31.2 Å². The normalized spacial score (nSPS) is 32.3. The topological polar surface area (TPSA) is 43.4 Å². The molecule has 1 heterocycles. The molecule has 152 valence electrons. The van der Waals surface area contributed by atoms with Crippen LogP contribution in [-0.4, -0.2) is 18.4 Å². The van der Waals surface area contributed by atoms with Gasteiger partial charge in [0.05, 0.1) is 14.6 Å². The number of rotatable bonds is 5. The maximum Gasteiger partial charge on any atom is 0.312 e. The van der Waals surface area contributed by atoms with E-state index in [9.17, 15) is 9.59 Å². The number of Topliss-reactive ketones (excluding diaryl/α,β-unsaturated/α-hetero) is 1. The average molecular weight is 429 g/mol. The molecule has 4 aliphatic rings. The van der Waals surface area contributed by atoms with Crippen LogP contribution in [0, 0.1) is 24.2 Å². The number of hydrogen-bond acceptors (Lipinski definition) is 4. The Hall–Kier alpha value is -1.65. The van der Waals surface area contributed by atoms with Gasteiger partial charge in [-0.15, -0.1) is 11.3 Å². The Balaban J connectivity index is 1.36. The summed E-state index contributed by atoms with van der Waals surface area (Å²) in [5, 5.41) is 0. The maximum atomic E-state index is 13.3. The maximum absolute atomic E-state index is 13.3. The summed E-state index contributed by atoms with van der Waals surface area (Å²) in [4.78, 5) is 26.2. The van der Waals surface area contributed by atoms with Crippen LogP contribution in [0.25, 0.3) is 0 Å². The fourth-order valence-electron chi connectivity index (χ4n) is 6.57. The van der Waals surface area contributed by atoms with Gasteiger partial charge in [0.15, 0.2) is 6.61 Å². The SMILES string of the molecule is Cc1ccc(C23C[C@@H]4C[C@@H](CC(C(=O)OCC(=O)c5ccc(Cl)s5)(C4)C2)C3)cc1. The molecule has 2 aromatic rings. The molecule has 1 aromatic carbocycles. The van der Waals surface area contributed by atoms with Gasteiger partial charge >= 0.3 is 5.97 Å². The van der Waals surface area contributed by atoms with Crippen LogP contribution >= 0.6 is 22.9 Å². The van der Waals surface area contributed by atoms with Crippen molar-refractivity contribution in [3.63, 3.8) is 0 Å². The molecule has 1 aromatic heterocycles. The van der Waals surface area contributed by atoms with E-state index in [4.69, 9.17) is 16.3 Å². The zero-order chi connectivity index (χ0) is 20.2. The molecule has 3 nitrogen and oxygen atoms in total. The first kappa shape index (κ1) is 19.3. The van der Waals surface area contributed by atoms with Gasteiger partial charge in [-0.3, -0.25) is 9.59 Å². The Bertz CT molecular complexity index is 947. The molecule has 0 spiro atoms. The predicted octanol–water partition coefficient (Wildman–Crippen LogP) is 5.97. The van der Waals surface area contributed by atoms with Crippen molar-refractivity contribution in [2.75, 3.05) is 6.61 Å². The molecule has 0 radical (unpaired) electrons. The zero-order valence-electron chi connectivity index (χ0n) is 16.6. The Morgan fingerprint density at radius 2 is 1.76 bits per heavy atom. The Morgan fingerprint density at radius 3 is 2.38 bits per heavy atom. The van der Waals surface area contributed by atoms with E-state index >= 15 is 0 Å². The third-order valence-electron chi connectivity index (χ3n) is 7.34. The molecule has 5 heteroatoms. The lowest BCUT2D eigenvalue weighted by Crippen LogP contribution is -2.57. The van der Waals surface area contributed by atoms with E-state index in [1.807, 2.05) is 0 Å². The van der Waals surface area contributed by atoms with E-state index in [0.29, 0.717) is 21.0 Å². The number of aryl methyl sites for hydroxylation is 1. The highest BCUT2D eigenvalue weighted by Gasteiger charge is 2.61. The molecule has 4 bridgehead atoms. The van der Waals surface area contributed by atoms with Crippen LogP contribution < -0.4 is 0 Å². The minimum Gasteiger partial charge on any atom is -0.457 e. The van der Waals surface area contributed by atoms with Crippen LogP contribution in [0.3, 0.4) is 0 Å². The largest absolute Gasteiger partial charge is 0.457 e. The molecule has 4 aliphatic carbocycles. The fraction of sp³-hybridized carbons (Fsp3) is 0.500. The van der Waals surface area contributed by atoms with Gasteiger partial charge in [-0.1, -0.05) is 41.4 Å². The van der Waals surface area contributed by atoms with E-state index in [-0.39, 0.29) is 23.8 Å². The lowest BCUT2D eigenvalue weighted by Gasteiger charge is -2.61. The number of ether oxygens (including phenoxy) is 1. The summed E-state index contributed by atoms with van der Waals surface area (Å²) < 4.78 is 6.20. The van der Waals surface area contributed by atoms with Crippen LogP contribution in [0.15, 0.2) is 36.4 Å². The molecule has 0 aliphatic heterocycles. The molecular formula is C24H25ClO3S. The first-order valence-corrected chi connectivity index (χ1v) is 11.6. The summed E-state index contributed by atoms with van der Waals surface area (Å²) in [5.41, 5.74) is 2.29. The number of carbonyl (C=O) groups is 2. The number of thiophene rings is 1. The first-order chi connectivity index (χ1) is 13.9. The molecule has 0 saturated heterocycles. The van der Waals surface area contributed by atoms with Gasteiger partial charge in [0, 0.05) is 0 Å². The number of hydrogen-bond donors (Lipinski definition) is 0. The van der Waals surface area contributed by atoms with Crippen molar-refractivity contribution < 1.29 is 14.3 Å². The highest BCUT2D eigenvalue weighted by Crippen LogP contribution is 2.66. The number of halogens is 1. The number of benzene rings is 1. The molecule has 4 fully saturated rings. The number of carbonyl (C=O) groups excluding carboxylic acids is 2. The van der Waals surface area contributed by atoms with Crippen LogP contribution in [0.4, 0.5) is 0 Å². The summed E-state index contributed by atoms with van der Waals surface area (Å²) >= 11 is 7.15. The Morgan fingerprint density at radius 1 is 1.07 bits per heavy atom. The summed E-state index contributed by atoms with van der Waals surface area (Å²) in [6.07, 6.45) is 6.26. The zero-order valence-corrected chi connectivity index (χ0v) is 18.2. The molecule has 0 N–H and O–H groups in total. The van der Waals surface area contributed by atoms with Gasteiger partial charge in [-0.25, -0.2) is 0 Å². The minimum absolute atomic E-state index is 0.0854. The molecule has 0 amide bonds. The highest BCUT2D eigenvalue weighted by atomic mass is 35.5. The van der Waals surface area contributed by atoms with Crippen molar-refractivity contribution in [2.24, 2.45) is 17.3 Å². The van der Waals surface area contributed by atoms with Gasteiger partial charge < -0.3 is 4.74 Å². The quantitative estimate of drug-likeness (QED) is 0.435. The van der Waals surface area contributed by atoms with Crippen molar-refractivity contribution >= 4 is 34.7 Å². The average Bonchev–Trinajstić information content (AvgIpc) is 3.11. The van der Waals surface area contributed by atoms with Gasteiger partial charge in [0.1, 0.15) is 0 Å². The highest BCUT2D eigenvalue weighted by molar-refractivity contribution is 7.18. The van der Waals surface area contributed by atoms with Crippen LogP contribution in [0.5, 0.6) is 0 Å². The standard InChI is InChI=1S/C24H25ClO3S/c1-15-2-4-18(5-3-15)23-9-16-8-17(10-23)12-24(11-16,14-23)22(27)28-13-19(26)20-6-7-21(25)29-20/h2-7,16-17H,8-14H2,1H3/t16-,17+,23?,24?. The van der Waals surface area contributed by atoms with Gasteiger partial charge in [-0.2, -0.15) is 0 Å². The van der Waals surface area contributed by atoms with E-state index in [0.717, 1.165) is 19.3 Å². The van der Waals surface area contributed by atoms with Gasteiger partial charge in [-0.05, 0) is 80.4 Å². The summed E-state index contributed by atoms with van der Waals surface area (Å²) in [6.45, 7) is 1.92. The summed E-state index contributed by atoms with van der Waals surface area (Å²) in [5.74, 6) is 0.820. The smallest absolute Gasteiger partial charge is 0.312 e. The molecule has 2 unspecified atom stereocenters. The first-order valence-electron chi connectivity index (χ1n) is 10.4. The second-order valence-electron chi connectivity index (χ2n) is 9.49. The monoisotopic (exact) mass is 428 g/mol. The molecule has 6 rings (SSSR count). The Kier molecular flexibility index (Phi) is 4.63. The van der Waals surface area contributed by atoms with Crippen molar-refractivity contribution in [2.45, 2.75) is 50.9 Å². The molecular weight excluding hydrogens is 404 g/mol. The molecule has 4 saturated carbocycles. The van der Waals surface area contributed by atoms with Crippen molar-refractivity contribution in [1.82, 2.24) is 0 Å². The lowest BCUT2D eigenvalue weighted by molar-refractivity contribution is -0.172. The molecule has 4 atom stereocenters. The fourth-order valence-corrected chi connectivity index (χ4v) is 7.53. The summed E-state index contributed by atoms with van der Waals surface area (Å²) in [7, 11) is 0. The van der Waals surface area contributed by atoms with Crippen molar-refractivity contribution in [3.05, 3.63) is 56.7 Å². The molecule has 29 heavy (non-hydrogen) atoms. The number of ketones is 1. The second kappa shape index (κ2) is 6.95. The third kappa shape index (κ3) is 3.34. The lowest BCUT2D eigenvalue weighted by atomic mass is 9.43. The predicted molar refractivity (Wildman–Crippen MR) is 115 cm³/mol. The second-order valence-corrected chi connectivity index (χ2v) is 11.2. The third-order valence-corrected chi connectivity index (χ3v) is 8.61. The van der Waals surface area contributed by atoms with Crippen molar-refractivity contribution in [1.29, 1.82) is 0 Å². The van der Waals surface area contributed by atoms with Crippen LogP contribution in [-0.2, 0) is 14.9 Å². The van der Waals surface area contributed by atoms with Gasteiger partial charge in [0.2, 0.25) is 5.78 Å².